The molecule has 0 bridgehead atoms. The van der Waals surface area contributed by atoms with Gasteiger partial charge in [0.2, 0.25) is 14.3 Å². The molecule has 4 nitrogen and oxygen atoms in total. The smallest absolute Gasteiger partial charge is 0.236 e. The molecule has 0 saturated carbocycles. The second-order valence-corrected chi connectivity index (χ2v) is 3.88. The lowest BCUT2D eigenvalue weighted by Gasteiger charge is -2.13. The van der Waals surface area contributed by atoms with Gasteiger partial charge in [-0.1, -0.05) is 0 Å². The number of nitrogen functional groups attached to an aromatic ring is 1. The molecule has 0 aliphatic carbocycles. The van der Waals surface area contributed by atoms with Gasteiger partial charge in [-0.05, 0) is 6.07 Å². The first-order chi connectivity index (χ1) is 6.20. The first-order valence-electron chi connectivity index (χ1n) is 3.49. The number of nitrogens with two attached hydrogens (primary N) is 1. The van der Waals surface area contributed by atoms with Crippen molar-refractivity contribution in [1.82, 2.24) is 4.98 Å². The second-order valence-electron chi connectivity index (χ2n) is 2.16. The molecule has 1 rings (SSSR count). The summed E-state index contributed by atoms with van der Waals surface area (Å²) in [4.78, 5) is 3.40. The van der Waals surface area contributed by atoms with Crippen molar-refractivity contribution in [3.05, 3.63) is 18.2 Å². The number of rotatable bonds is 3. The summed E-state index contributed by atoms with van der Waals surface area (Å²) in [6.45, 7) is 0. The quantitative estimate of drug-likeness (QED) is 0.590. The maximum atomic E-state index is 12.9. The first kappa shape index (κ1) is 10.3. The van der Waals surface area contributed by atoms with Gasteiger partial charge in [-0.25, -0.2) is 4.98 Å². The summed E-state index contributed by atoms with van der Waals surface area (Å²) in [5, 5.41) is 0.507. The Labute approximate surface area is 76.8 Å². The highest BCUT2D eigenvalue weighted by Gasteiger charge is 2.16. The van der Waals surface area contributed by atoms with Crippen molar-refractivity contribution in [2.24, 2.45) is 0 Å². The average Bonchev–Trinajstić information content (AvgIpc) is 2.14. The molecule has 0 atom stereocenters. The number of nitrogens with zero attached hydrogens (tertiary/aromatic N) is 1. The summed E-state index contributed by atoms with van der Waals surface area (Å²) in [5.41, 5.74) is 5.44. The van der Waals surface area contributed by atoms with Gasteiger partial charge in [-0.2, -0.15) is 4.39 Å². The SMILES string of the molecule is COP(OC)c1ccnc(F)c1N. The monoisotopic (exact) mass is 204 g/mol. The Morgan fingerprint density at radius 2 is 2.08 bits per heavy atom. The van der Waals surface area contributed by atoms with E-state index in [9.17, 15) is 4.39 Å². The molecule has 6 heteroatoms. The van der Waals surface area contributed by atoms with Crippen LogP contribution in [0.5, 0.6) is 0 Å². The lowest BCUT2D eigenvalue weighted by atomic mass is 10.4. The van der Waals surface area contributed by atoms with E-state index in [1.54, 1.807) is 6.07 Å². The molecular formula is C7H10FN2O2P. The first-order valence-corrected chi connectivity index (χ1v) is 4.66. The molecule has 0 aliphatic heterocycles. The molecule has 1 aromatic heterocycles. The van der Waals surface area contributed by atoms with Gasteiger partial charge in [0.1, 0.15) is 0 Å². The van der Waals surface area contributed by atoms with Crippen LogP contribution in [0, 0.1) is 5.95 Å². The van der Waals surface area contributed by atoms with Gasteiger partial charge in [-0.15, -0.1) is 0 Å². The fourth-order valence-electron chi connectivity index (χ4n) is 0.869. The number of hydrogen-bond acceptors (Lipinski definition) is 4. The van der Waals surface area contributed by atoms with Gasteiger partial charge in [0, 0.05) is 20.4 Å². The maximum absolute atomic E-state index is 12.9. The number of aromatic nitrogens is 1. The van der Waals surface area contributed by atoms with E-state index in [0.29, 0.717) is 5.30 Å². The predicted octanol–water partition coefficient (Wildman–Crippen LogP) is 1.03. The van der Waals surface area contributed by atoms with Crippen LogP contribution in [0.4, 0.5) is 10.1 Å². The molecule has 0 aliphatic rings. The molecule has 0 amide bonds. The molecule has 0 unspecified atom stereocenters. The van der Waals surface area contributed by atoms with Crippen LogP contribution in [0.25, 0.3) is 0 Å². The van der Waals surface area contributed by atoms with Crippen molar-refractivity contribution in [1.29, 1.82) is 0 Å². The van der Waals surface area contributed by atoms with Gasteiger partial charge in [0.05, 0.1) is 11.0 Å². The topological polar surface area (TPSA) is 57.4 Å². The fraction of sp³-hybridized carbons (Fsp3) is 0.286. The van der Waals surface area contributed by atoms with Crippen LogP contribution in [-0.4, -0.2) is 19.2 Å². The molecule has 2 N–H and O–H groups in total. The standard InChI is InChI=1S/C7H10FN2O2P/c1-11-13(12-2)5-3-4-10-7(8)6(5)9/h3-4H,9H2,1-2H3. The Hall–Kier alpha value is -0.770. The summed E-state index contributed by atoms with van der Waals surface area (Å²) >= 11 is 0. The highest BCUT2D eigenvalue weighted by atomic mass is 31.2. The summed E-state index contributed by atoms with van der Waals surface area (Å²) in [5.74, 6) is -0.695. The van der Waals surface area contributed by atoms with E-state index in [-0.39, 0.29) is 5.69 Å². The van der Waals surface area contributed by atoms with Gasteiger partial charge in [-0.3, -0.25) is 0 Å². The van der Waals surface area contributed by atoms with E-state index >= 15 is 0 Å². The van der Waals surface area contributed by atoms with Gasteiger partial charge in [0.15, 0.2) is 0 Å². The molecule has 0 spiro atoms. The fourth-order valence-corrected chi connectivity index (χ4v) is 1.89. The zero-order valence-corrected chi connectivity index (χ0v) is 8.22. The summed E-state index contributed by atoms with van der Waals surface area (Å²) < 4.78 is 22.9. The number of pyridine rings is 1. The van der Waals surface area contributed by atoms with Crippen LogP contribution in [0.15, 0.2) is 12.3 Å². The van der Waals surface area contributed by atoms with Crippen molar-refractivity contribution in [2.45, 2.75) is 0 Å². The highest BCUT2D eigenvalue weighted by molar-refractivity contribution is 7.56. The molecule has 1 aromatic rings. The van der Waals surface area contributed by atoms with Crippen molar-refractivity contribution >= 4 is 19.4 Å². The molecule has 13 heavy (non-hydrogen) atoms. The van der Waals surface area contributed by atoms with Crippen LogP contribution in [-0.2, 0) is 9.05 Å². The maximum Gasteiger partial charge on any atom is 0.236 e. The Morgan fingerprint density at radius 1 is 1.46 bits per heavy atom. The van der Waals surface area contributed by atoms with Crippen molar-refractivity contribution < 1.29 is 13.4 Å². The minimum atomic E-state index is -1.29. The van der Waals surface area contributed by atoms with Crippen molar-refractivity contribution in [2.75, 3.05) is 20.0 Å². The predicted molar refractivity (Wildman–Crippen MR) is 49.2 cm³/mol. The molecule has 0 saturated heterocycles. The van der Waals surface area contributed by atoms with Crippen LogP contribution in [0.3, 0.4) is 0 Å². The highest BCUT2D eigenvalue weighted by Crippen LogP contribution is 2.36. The summed E-state index contributed by atoms with van der Waals surface area (Å²) in [6, 6.07) is 1.58. The van der Waals surface area contributed by atoms with Gasteiger partial charge >= 0.3 is 0 Å². The van der Waals surface area contributed by atoms with Crippen molar-refractivity contribution in [3.63, 3.8) is 0 Å². The molecule has 0 fully saturated rings. The average molecular weight is 204 g/mol. The van der Waals surface area contributed by atoms with Crippen molar-refractivity contribution in [3.8, 4) is 0 Å². The Bertz CT molecular complexity index is 294. The normalized spacial score (nSPS) is 10.8. The number of anilines is 1. The zero-order chi connectivity index (χ0) is 9.84. The van der Waals surface area contributed by atoms with E-state index in [1.807, 2.05) is 0 Å². The molecule has 0 radical (unpaired) electrons. The third kappa shape index (κ3) is 2.12. The lowest BCUT2D eigenvalue weighted by molar-refractivity contribution is 0.350. The Kier molecular flexibility index (Phi) is 3.54. The molecule has 1 heterocycles. The van der Waals surface area contributed by atoms with E-state index in [1.165, 1.54) is 20.4 Å². The minimum Gasteiger partial charge on any atom is -0.394 e. The zero-order valence-electron chi connectivity index (χ0n) is 7.32. The summed E-state index contributed by atoms with van der Waals surface area (Å²) in [7, 11) is 1.66. The van der Waals surface area contributed by atoms with Gasteiger partial charge < -0.3 is 14.8 Å². The van der Waals surface area contributed by atoms with E-state index in [0.717, 1.165) is 0 Å². The largest absolute Gasteiger partial charge is 0.394 e. The van der Waals surface area contributed by atoms with Crippen LogP contribution < -0.4 is 11.0 Å². The third-order valence-electron chi connectivity index (χ3n) is 1.45. The van der Waals surface area contributed by atoms with E-state index < -0.39 is 14.3 Å². The minimum absolute atomic E-state index is 0.0164. The lowest BCUT2D eigenvalue weighted by Crippen LogP contribution is -2.12. The molecule has 0 aromatic carbocycles. The van der Waals surface area contributed by atoms with Crippen LogP contribution in [0.2, 0.25) is 0 Å². The Morgan fingerprint density at radius 3 is 2.62 bits per heavy atom. The number of hydrogen-bond donors (Lipinski definition) is 1. The van der Waals surface area contributed by atoms with Gasteiger partial charge in [0.25, 0.3) is 0 Å². The Balaban J connectivity index is 3.05. The summed E-state index contributed by atoms with van der Waals surface area (Å²) in [6.07, 6.45) is 1.33. The van der Waals surface area contributed by atoms with Crippen LogP contribution in [0.1, 0.15) is 0 Å². The van der Waals surface area contributed by atoms with Crippen LogP contribution >= 0.6 is 8.38 Å². The third-order valence-corrected chi connectivity index (χ3v) is 2.89. The molecule has 72 valence electrons. The second kappa shape index (κ2) is 4.46. The molecular weight excluding hydrogens is 194 g/mol. The number of halogens is 1. The van der Waals surface area contributed by atoms with E-state index in [4.69, 9.17) is 14.8 Å². The van der Waals surface area contributed by atoms with E-state index in [2.05, 4.69) is 4.98 Å².